The summed E-state index contributed by atoms with van der Waals surface area (Å²) in [5.41, 5.74) is 5.77. The van der Waals surface area contributed by atoms with E-state index in [1.807, 2.05) is 20.8 Å². The molecule has 25 heavy (non-hydrogen) atoms. The monoisotopic (exact) mass is 360 g/mol. The number of rotatable bonds is 13. The Bertz CT molecular complexity index is 369. The topological polar surface area (TPSA) is 106 Å². The van der Waals surface area contributed by atoms with Crippen molar-refractivity contribution < 1.29 is 19.1 Å². The van der Waals surface area contributed by atoms with Crippen LogP contribution in [-0.2, 0) is 9.47 Å². The van der Waals surface area contributed by atoms with Crippen LogP contribution in [0.25, 0.3) is 0 Å². The van der Waals surface area contributed by atoms with Gasteiger partial charge in [-0.05, 0) is 26.2 Å². The Labute approximate surface area is 151 Å². The molecule has 8 nitrogen and oxygen atoms in total. The smallest absolute Gasteiger partial charge is 0.408 e. The van der Waals surface area contributed by atoms with Crippen molar-refractivity contribution in [2.24, 2.45) is 5.73 Å². The van der Waals surface area contributed by atoms with Gasteiger partial charge < -0.3 is 25.8 Å². The zero-order valence-electron chi connectivity index (χ0n) is 16.2. The van der Waals surface area contributed by atoms with Crippen LogP contribution in [0.5, 0.6) is 0 Å². The van der Waals surface area contributed by atoms with Crippen molar-refractivity contribution in [1.29, 1.82) is 0 Å². The van der Waals surface area contributed by atoms with Crippen molar-refractivity contribution in [1.82, 2.24) is 15.5 Å². The Hall–Kier alpha value is -1.54. The first kappa shape index (κ1) is 23.5. The molecule has 2 atom stereocenters. The number of alkyl carbamates (subject to hydrolysis) is 2. The highest BCUT2D eigenvalue weighted by Crippen LogP contribution is 2.10. The van der Waals surface area contributed by atoms with Gasteiger partial charge >= 0.3 is 12.2 Å². The molecular formula is C17H36N4O4. The molecule has 0 fully saturated rings. The van der Waals surface area contributed by atoms with Crippen molar-refractivity contribution in [2.75, 3.05) is 26.2 Å². The molecule has 0 aliphatic heterocycles. The maximum Gasteiger partial charge on any atom is 0.408 e. The summed E-state index contributed by atoms with van der Waals surface area (Å²) in [4.78, 5) is 25.5. The molecule has 0 saturated carbocycles. The number of amides is 2. The fourth-order valence-electron chi connectivity index (χ4n) is 2.23. The Morgan fingerprint density at radius 3 is 1.92 bits per heavy atom. The molecule has 0 aliphatic carbocycles. The van der Waals surface area contributed by atoms with Gasteiger partial charge in [-0.15, -0.1) is 0 Å². The van der Waals surface area contributed by atoms with E-state index in [2.05, 4.69) is 10.6 Å². The fraction of sp³-hybridized carbons (Fsp3) is 0.882. The summed E-state index contributed by atoms with van der Waals surface area (Å²) in [7, 11) is 0. The highest BCUT2D eigenvalue weighted by Gasteiger charge is 2.27. The molecule has 0 spiro atoms. The first-order valence-corrected chi connectivity index (χ1v) is 9.34. The van der Waals surface area contributed by atoms with E-state index in [4.69, 9.17) is 15.2 Å². The van der Waals surface area contributed by atoms with Crippen molar-refractivity contribution >= 4 is 12.2 Å². The molecule has 4 N–H and O–H groups in total. The highest BCUT2D eigenvalue weighted by molar-refractivity contribution is 5.67. The van der Waals surface area contributed by atoms with Crippen LogP contribution in [0.2, 0.25) is 0 Å². The van der Waals surface area contributed by atoms with E-state index in [1.54, 1.807) is 11.8 Å². The maximum absolute atomic E-state index is 11.9. The summed E-state index contributed by atoms with van der Waals surface area (Å²) in [6, 6.07) is 0. The molecule has 148 valence electrons. The molecule has 0 radical (unpaired) electrons. The SMILES string of the molecule is CCCCNC(=O)OC(C)N(CCC)C(CN)OC(=O)NCCCC. The van der Waals surface area contributed by atoms with Gasteiger partial charge in [0.25, 0.3) is 0 Å². The van der Waals surface area contributed by atoms with E-state index in [0.29, 0.717) is 19.6 Å². The third-order valence-corrected chi connectivity index (χ3v) is 3.64. The van der Waals surface area contributed by atoms with Crippen molar-refractivity contribution in [3.63, 3.8) is 0 Å². The van der Waals surface area contributed by atoms with Crippen molar-refractivity contribution in [3.05, 3.63) is 0 Å². The number of nitrogens with two attached hydrogens (primary N) is 1. The lowest BCUT2D eigenvalue weighted by molar-refractivity contribution is -0.0951. The molecule has 2 unspecified atom stereocenters. The van der Waals surface area contributed by atoms with Crippen molar-refractivity contribution in [3.8, 4) is 0 Å². The van der Waals surface area contributed by atoms with Crippen LogP contribution in [0, 0.1) is 0 Å². The van der Waals surface area contributed by atoms with Gasteiger partial charge in [-0.1, -0.05) is 33.6 Å². The van der Waals surface area contributed by atoms with Gasteiger partial charge in [-0.2, -0.15) is 0 Å². The molecule has 0 aliphatic rings. The van der Waals surface area contributed by atoms with Gasteiger partial charge in [0.05, 0.1) is 0 Å². The molecule has 0 aromatic carbocycles. The van der Waals surface area contributed by atoms with E-state index in [1.165, 1.54) is 0 Å². The van der Waals surface area contributed by atoms with Gasteiger partial charge in [-0.3, -0.25) is 0 Å². The predicted molar refractivity (Wildman–Crippen MR) is 98.1 cm³/mol. The summed E-state index contributed by atoms with van der Waals surface area (Å²) in [5, 5.41) is 5.40. The summed E-state index contributed by atoms with van der Waals surface area (Å²) in [5.74, 6) is 0. The van der Waals surface area contributed by atoms with Gasteiger partial charge in [0, 0.05) is 26.2 Å². The van der Waals surface area contributed by atoms with Crippen LogP contribution in [0.1, 0.15) is 59.8 Å². The molecule has 0 heterocycles. The fourth-order valence-corrected chi connectivity index (χ4v) is 2.23. The number of nitrogens with zero attached hydrogens (tertiary/aromatic N) is 1. The molecule has 0 aromatic heterocycles. The van der Waals surface area contributed by atoms with Crippen LogP contribution in [-0.4, -0.2) is 55.7 Å². The molecule has 0 saturated heterocycles. The van der Waals surface area contributed by atoms with Gasteiger partial charge in [0.1, 0.15) is 0 Å². The average Bonchev–Trinajstić information content (AvgIpc) is 2.58. The highest BCUT2D eigenvalue weighted by atomic mass is 16.6. The molecule has 0 aromatic rings. The minimum Gasteiger partial charge on any atom is -0.430 e. The molecule has 8 heteroatoms. The third-order valence-electron chi connectivity index (χ3n) is 3.64. The summed E-state index contributed by atoms with van der Waals surface area (Å²) in [6.07, 6.45) is 2.37. The van der Waals surface area contributed by atoms with Crippen LogP contribution < -0.4 is 16.4 Å². The Kier molecular flexibility index (Phi) is 13.9. The number of carbonyl (C=O) groups is 2. The lowest BCUT2D eigenvalue weighted by Gasteiger charge is -2.34. The lowest BCUT2D eigenvalue weighted by Crippen LogP contribution is -2.51. The Morgan fingerprint density at radius 2 is 1.48 bits per heavy atom. The second-order valence-electron chi connectivity index (χ2n) is 5.90. The number of ether oxygens (including phenoxy) is 2. The zero-order chi connectivity index (χ0) is 19.1. The maximum atomic E-state index is 11.9. The molecule has 2 amide bonds. The largest absolute Gasteiger partial charge is 0.430 e. The second-order valence-corrected chi connectivity index (χ2v) is 5.90. The van der Waals surface area contributed by atoms with Gasteiger partial charge in [-0.25, -0.2) is 14.5 Å². The zero-order valence-corrected chi connectivity index (χ0v) is 16.2. The van der Waals surface area contributed by atoms with E-state index in [-0.39, 0.29) is 6.54 Å². The summed E-state index contributed by atoms with van der Waals surface area (Å²) >= 11 is 0. The average molecular weight is 360 g/mol. The standard InChI is InChI=1S/C17H36N4O4/c1-5-8-10-19-16(22)24-14(4)21(12-7-3)15(13-18)25-17(23)20-11-9-6-2/h14-15H,5-13,18H2,1-4H3,(H,19,22)(H,20,23). The molecule has 0 bridgehead atoms. The van der Waals surface area contributed by atoms with E-state index in [9.17, 15) is 9.59 Å². The van der Waals surface area contributed by atoms with Crippen LogP contribution in [0.15, 0.2) is 0 Å². The number of carbonyl (C=O) groups excluding carboxylic acids is 2. The molecule has 0 rings (SSSR count). The van der Waals surface area contributed by atoms with Crippen LogP contribution >= 0.6 is 0 Å². The quantitative estimate of drug-likeness (QED) is 0.344. The minimum atomic E-state index is -0.653. The minimum absolute atomic E-state index is 0.117. The first-order chi connectivity index (χ1) is 12.0. The summed E-state index contributed by atoms with van der Waals surface area (Å²) < 4.78 is 10.8. The molecular weight excluding hydrogens is 324 g/mol. The Morgan fingerprint density at radius 1 is 0.960 bits per heavy atom. The predicted octanol–water partition coefficient (Wildman–Crippen LogP) is 2.38. The second kappa shape index (κ2) is 14.8. The number of hydrogen-bond donors (Lipinski definition) is 3. The van der Waals surface area contributed by atoms with E-state index in [0.717, 1.165) is 32.1 Å². The third kappa shape index (κ3) is 10.8. The van der Waals surface area contributed by atoms with Gasteiger partial charge in [0.2, 0.25) is 0 Å². The van der Waals surface area contributed by atoms with Gasteiger partial charge in [0.15, 0.2) is 12.5 Å². The number of hydrogen-bond acceptors (Lipinski definition) is 6. The number of nitrogens with one attached hydrogen (secondary N) is 2. The van der Waals surface area contributed by atoms with Crippen LogP contribution in [0.4, 0.5) is 9.59 Å². The lowest BCUT2D eigenvalue weighted by atomic mass is 10.3. The first-order valence-electron chi connectivity index (χ1n) is 9.34. The van der Waals surface area contributed by atoms with Crippen molar-refractivity contribution in [2.45, 2.75) is 72.3 Å². The van der Waals surface area contributed by atoms with Crippen LogP contribution in [0.3, 0.4) is 0 Å². The Balaban J connectivity index is 4.61. The number of unbranched alkanes of at least 4 members (excludes halogenated alkanes) is 2. The van der Waals surface area contributed by atoms with E-state index < -0.39 is 24.6 Å². The van der Waals surface area contributed by atoms with E-state index >= 15 is 0 Å². The normalized spacial score (nSPS) is 13.2. The summed E-state index contributed by atoms with van der Waals surface area (Å²) in [6.45, 7) is 9.68.